The molecule has 0 aliphatic carbocycles. The van der Waals surface area contributed by atoms with Crippen molar-refractivity contribution < 1.29 is 14.7 Å². The number of carboxylic acid groups (broad SMARTS) is 1. The van der Waals surface area contributed by atoms with Crippen LogP contribution in [-0.4, -0.2) is 32.8 Å². The van der Waals surface area contributed by atoms with Crippen molar-refractivity contribution in [1.29, 1.82) is 0 Å². The summed E-state index contributed by atoms with van der Waals surface area (Å²) in [6.45, 7) is 5.59. The standard InChI is InChI=1S/C17H22N4O3S/c1-11-4-6-12(7-5-11)10-13-20-21-16(25-13)18-15(24)19-17(2,3)9-8-14(22)23/h4-7H,8-10H2,1-3H3,(H,22,23)(H2,18,19,21,24). The molecule has 0 saturated heterocycles. The number of rotatable bonds is 7. The van der Waals surface area contributed by atoms with E-state index in [1.54, 1.807) is 13.8 Å². The highest BCUT2D eigenvalue weighted by atomic mass is 32.1. The number of benzene rings is 1. The first-order chi connectivity index (χ1) is 11.7. The van der Waals surface area contributed by atoms with Crippen LogP contribution in [0.5, 0.6) is 0 Å². The number of nitrogens with zero attached hydrogens (tertiary/aromatic N) is 2. The van der Waals surface area contributed by atoms with E-state index in [1.807, 2.05) is 31.2 Å². The van der Waals surface area contributed by atoms with Gasteiger partial charge in [0, 0.05) is 18.4 Å². The predicted molar refractivity (Wildman–Crippen MR) is 97.0 cm³/mol. The zero-order valence-electron chi connectivity index (χ0n) is 14.5. The SMILES string of the molecule is Cc1ccc(Cc2nnc(NC(=O)NC(C)(C)CCC(=O)O)s2)cc1. The van der Waals surface area contributed by atoms with E-state index in [1.165, 1.54) is 16.9 Å². The minimum Gasteiger partial charge on any atom is -0.481 e. The van der Waals surface area contributed by atoms with Crippen LogP contribution in [0.15, 0.2) is 24.3 Å². The zero-order chi connectivity index (χ0) is 18.4. The highest BCUT2D eigenvalue weighted by molar-refractivity contribution is 7.15. The van der Waals surface area contributed by atoms with Crippen molar-refractivity contribution in [3.8, 4) is 0 Å². The summed E-state index contributed by atoms with van der Waals surface area (Å²) in [5, 5.41) is 23.4. The minimum atomic E-state index is -0.889. The summed E-state index contributed by atoms with van der Waals surface area (Å²) in [6.07, 6.45) is 0.989. The molecule has 1 aromatic heterocycles. The third kappa shape index (κ3) is 6.50. The van der Waals surface area contributed by atoms with Crippen LogP contribution in [0.1, 0.15) is 42.8 Å². The number of hydrogen-bond acceptors (Lipinski definition) is 5. The van der Waals surface area contributed by atoms with Gasteiger partial charge in [-0.2, -0.15) is 0 Å². The average molecular weight is 362 g/mol. The second kappa shape index (κ2) is 8.06. The Labute approximate surface area is 150 Å². The van der Waals surface area contributed by atoms with Gasteiger partial charge in [-0.15, -0.1) is 10.2 Å². The number of carboxylic acids is 1. The van der Waals surface area contributed by atoms with Gasteiger partial charge in [-0.3, -0.25) is 10.1 Å². The van der Waals surface area contributed by atoms with Crippen molar-refractivity contribution in [1.82, 2.24) is 15.5 Å². The summed E-state index contributed by atoms with van der Waals surface area (Å²) < 4.78 is 0. The molecule has 0 aliphatic rings. The van der Waals surface area contributed by atoms with Gasteiger partial charge in [0.05, 0.1) is 0 Å². The molecule has 0 unspecified atom stereocenters. The molecule has 2 aromatic rings. The first-order valence-electron chi connectivity index (χ1n) is 7.92. The Bertz CT molecular complexity index is 741. The topological polar surface area (TPSA) is 104 Å². The van der Waals surface area contributed by atoms with Crippen LogP contribution in [0, 0.1) is 6.92 Å². The molecular formula is C17H22N4O3S. The highest BCUT2D eigenvalue weighted by Crippen LogP contribution is 2.19. The van der Waals surface area contributed by atoms with E-state index in [0.29, 0.717) is 18.0 Å². The Kier molecular flexibility index (Phi) is 6.08. The van der Waals surface area contributed by atoms with Crippen LogP contribution in [0.2, 0.25) is 0 Å². The Morgan fingerprint density at radius 2 is 1.88 bits per heavy atom. The van der Waals surface area contributed by atoms with Gasteiger partial charge in [0.15, 0.2) is 0 Å². The molecule has 0 radical (unpaired) electrons. The lowest BCUT2D eigenvalue weighted by Crippen LogP contribution is -2.45. The van der Waals surface area contributed by atoms with Gasteiger partial charge in [-0.1, -0.05) is 41.2 Å². The third-order valence-electron chi connectivity index (χ3n) is 3.58. The molecule has 1 aromatic carbocycles. The minimum absolute atomic E-state index is 0.00716. The molecule has 25 heavy (non-hydrogen) atoms. The summed E-state index contributed by atoms with van der Waals surface area (Å²) >= 11 is 1.32. The van der Waals surface area contributed by atoms with E-state index in [4.69, 9.17) is 5.11 Å². The number of aromatic nitrogens is 2. The predicted octanol–water partition coefficient (Wildman–Crippen LogP) is 3.20. The second-order valence-corrected chi connectivity index (χ2v) is 7.58. The summed E-state index contributed by atoms with van der Waals surface area (Å²) in [7, 11) is 0. The lowest BCUT2D eigenvalue weighted by Gasteiger charge is -2.25. The summed E-state index contributed by atoms with van der Waals surface area (Å²) in [6, 6.07) is 7.75. The first-order valence-corrected chi connectivity index (χ1v) is 8.74. The molecule has 0 aliphatic heterocycles. The van der Waals surface area contributed by atoms with Crippen LogP contribution in [0.4, 0.5) is 9.93 Å². The lowest BCUT2D eigenvalue weighted by molar-refractivity contribution is -0.137. The number of aliphatic carboxylic acids is 1. The van der Waals surface area contributed by atoms with E-state index in [0.717, 1.165) is 10.6 Å². The maximum Gasteiger partial charge on any atom is 0.321 e. The van der Waals surface area contributed by atoms with Crippen LogP contribution >= 0.6 is 11.3 Å². The Morgan fingerprint density at radius 3 is 2.52 bits per heavy atom. The fourth-order valence-corrected chi connectivity index (χ4v) is 2.94. The summed E-state index contributed by atoms with van der Waals surface area (Å²) in [4.78, 5) is 22.7. The van der Waals surface area contributed by atoms with Gasteiger partial charge in [0.1, 0.15) is 5.01 Å². The summed E-state index contributed by atoms with van der Waals surface area (Å²) in [5.74, 6) is -0.889. The maximum absolute atomic E-state index is 12.0. The Balaban J connectivity index is 1.88. The smallest absolute Gasteiger partial charge is 0.321 e. The zero-order valence-corrected chi connectivity index (χ0v) is 15.3. The van der Waals surface area contributed by atoms with Gasteiger partial charge in [-0.05, 0) is 32.8 Å². The number of nitrogens with one attached hydrogen (secondary N) is 2. The highest BCUT2D eigenvalue weighted by Gasteiger charge is 2.22. The number of amides is 2. The Hall–Kier alpha value is -2.48. The fraction of sp³-hybridized carbons (Fsp3) is 0.412. The van der Waals surface area contributed by atoms with Gasteiger partial charge < -0.3 is 10.4 Å². The van der Waals surface area contributed by atoms with Crippen molar-refractivity contribution in [2.45, 2.75) is 45.6 Å². The Morgan fingerprint density at radius 1 is 1.20 bits per heavy atom. The average Bonchev–Trinajstić information content (AvgIpc) is 2.94. The van der Waals surface area contributed by atoms with Crippen molar-refractivity contribution >= 4 is 28.5 Å². The molecule has 0 atom stereocenters. The van der Waals surface area contributed by atoms with Crippen LogP contribution in [-0.2, 0) is 11.2 Å². The molecule has 7 nitrogen and oxygen atoms in total. The third-order valence-corrected chi connectivity index (χ3v) is 4.42. The molecular weight excluding hydrogens is 340 g/mol. The molecule has 0 saturated carbocycles. The van der Waals surface area contributed by atoms with Crippen molar-refractivity contribution in [3.05, 3.63) is 40.4 Å². The quantitative estimate of drug-likeness (QED) is 0.701. The van der Waals surface area contributed by atoms with Crippen molar-refractivity contribution in [2.75, 3.05) is 5.32 Å². The normalized spacial score (nSPS) is 11.2. The molecule has 2 amide bonds. The van der Waals surface area contributed by atoms with Crippen LogP contribution < -0.4 is 10.6 Å². The number of aryl methyl sites for hydroxylation is 1. The van der Waals surface area contributed by atoms with Gasteiger partial charge in [0.2, 0.25) is 5.13 Å². The number of anilines is 1. The van der Waals surface area contributed by atoms with Crippen LogP contribution in [0.25, 0.3) is 0 Å². The molecule has 1 heterocycles. The fourth-order valence-electron chi connectivity index (χ4n) is 2.17. The summed E-state index contributed by atoms with van der Waals surface area (Å²) in [5.41, 5.74) is 1.70. The van der Waals surface area contributed by atoms with Gasteiger partial charge in [-0.25, -0.2) is 4.79 Å². The van der Waals surface area contributed by atoms with E-state index in [9.17, 15) is 9.59 Å². The largest absolute Gasteiger partial charge is 0.481 e. The van der Waals surface area contributed by atoms with E-state index in [2.05, 4.69) is 20.8 Å². The molecule has 0 spiro atoms. The molecule has 134 valence electrons. The number of urea groups is 1. The molecule has 8 heteroatoms. The number of carbonyl (C=O) groups is 2. The molecule has 0 bridgehead atoms. The lowest BCUT2D eigenvalue weighted by atomic mass is 9.99. The van der Waals surface area contributed by atoms with Gasteiger partial charge in [0.25, 0.3) is 0 Å². The molecule has 2 rings (SSSR count). The van der Waals surface area contributed by atoms with E-state index in [-0.39, 0.29) is 6.42 Å². The first kappa shape index (κ1) is 18.9. The maximum atomic E-state index is 12.0. The van der Waals surface area contributed by atoms with Gasteiger partial charge >= 0.3 is 12.0 Å². The van der Waals surface area contributed by atoms with Crippen LogP contribution in [0.3, 0.4) is 0 Å². The molecule has 3 N–H and O–H groups in total. The van der Waals surface area contributed by atoms with E-state index >= 15 is 0 Å². The number of carbonyl (C=O) groups excluding carboxylic acids is 1. The number of hydrogen-bond donors (Lipinski definition) is 3. The molecule has 0 fully saturated rings. The van der Waals surface area contributed by atoms with Crippen molar-refractivity contribution in [2.24, 2.45) is 0 Å². The second-order valence-electron chi connectivity index (χ2n) is 6.52. The van der Waals surface area contributed by atoms with Crippen molar-refractivity contribution in [3.63, 3.8) is 0 Å². The monoisotopic (exact) mass is 362 g/mol. The van der Waals surface area contributed by atoms with E-state index < -0.39 is 17.5 Å².